The molecule has 0 spiro atoms. The predicted molar refractivity (Wildman–Crippen MR) is 91.1 cm³/mol. The third-order valence-electron chi connectivity index (χ3n) is 3.46. The van der Waals surface area contributed by atoms with Crippen molar-refractivity contribution >= 4 is 23.3 Å². The number of amides is 1. The summed E-state index contributed by atoms with van der Waals surface area (Å²) in [6.07, 6.45) is -1.00. The Balaban J connectivity index is 1.96. The normalized spacial score (nSPS) is 11.1. The minimum absolute atomic E-state index is 0.0670. The number of rotatable bonds is 5. The van der Waals surface area contributed by atoms with Crippen molar-refractivity contribution in [1.29, 1.82) is 5.26 Å². The summed E-state index contributed by atoms with van der Waals surface area (Å²) in [5.41, 5.74) is 1.72. The number of Topliss-reactive ketones (excluding diaryl/α,β-unsaturated/α-hetero) is 1. The van der Waals surface area contributed by atoms with E-state index in [0.29, 0.717) is 16.8 Å². The summed E-state index contributed by atoms with van der Waals surface area (Å²) in [5.74, 6) is -1.21. The topological polar surface area (TPSA) is 96.3 Å². The number of carbonyl (C=O) groups excluding carboxylic acids is 3. The largest absolute Gasteiger partial charge is 0.449 e. The molecule has 1 amide bonds. The lowest BCUT2D eigenvalue weighted by molar-refractivity contribution is -0.123. The number of nitrogens with zero attached hydrogens (tertiary/aromatic N) is 1. The Morgan fingerprint density at radius 3 is 2.08 bits per heavy atom. The molecule has 1 N–H and O–H groups in total. The quantitative estimate of drug-likeness (QED) is 0.669. The molecule has 126 valence electrons. The summed E-state index contributed by atoms with van der Waals surface area (Å²) in [6, 6.07) is 14.3. The molecule has 0 unspecified atom stereocenters. The number of benzene rings is 2. The van der Waals surface area contributed by atoms with E-state index in [-0.39, 0.29) is 11.3 Å². The van der Waals surface area contributed by atoms with Crippen LogP contribution in [0.2, 0.25) is 0 Å². The molecule has 2 aromatic carbocycles. The zero-order chi connectivity index (χ0) is 18.4. The summed E-state index contributed by atoms with van der Waals surface area (Å²) >= 11 is 0. The van der Waals surface area contributed by atoms with E-state index in [1.165, 1.54) is 38.1 Å². The fourth-order valence-corrected chi connectivity index (χ4v) is 2.00. The summed E-state index contributed by atoms with van der Waals surface area (Å²) in [7, 11) is 0. The fraction of sp³-hybridized carbons (Fsp3) is 0.158. The fourth-order valence-electron chi connectivity index (χ4n) is 2.00. The van der Waals surface area contributed by atoms with Gasteiger partial charge in [-0.2, -0.15) is 5.26 Å². The molecule has 0 fully saturated rings. The maximum absolute atomic E-state index is 12.1. The average Bonchev–Trinajstić information content (AvgIpc) is 2.62. The Morgan fingerprint density at radius 1 is 1.00 bits per heavy atom. The van der Waals surface area contributed by atoms with E-state index in [1.54, 1.807) is 24.3 Å². The number of nitriles is 1. The number of carbonyl (C=O) groups is 3. The summed E-state index contributed by atoms with van der Waals surface area (Å²) in [4.78, 5) is 35.3. The molecule has 6 nitrogen and oxygen atoms in total. The summed E-state index contributed by atoms with van der Waals surface area (Å²) in [5, 5.41) is 11.3. The number of esters is 1. The van der Waals surface area contributed by atoms with Gasteiger partial charge in [0, 0.05) is 11.3 Å². The minimum Gasteiger partial charge on any atom is -0.449 e. The number of hydrogen-bond donors (Lipinski definition) is 1. The molecule has 1 atom stereocenters. The van der Waals surface area contributed by atoms with Gasteiger partial charge in [-0.3, -0.25) is 9.59 Å². The van der Waals surface area contributed by atoms with Crippen LogP contribution in [0.5, 0.6) is 0 Å². The van der Waals surface area contributed by atoms with Crippen LogP contribution in [-0.4, -0.2) is 23.8 Å². The lowest BCUT2D eigenvalue weighted by Crippen LogP contribution is -2.30. The number of anilines is 1. The first-order valence-corrected chi connectivity index (χ1v) is 7.53. The van der Waals surface area contributed by atoms with Gasteiger partial charge in [-0.15, -0.1) is 0 Å². The van der Waals surface area contributed by atoms with Gasteiger partial charge in [0.2, 0.25) is 0 Å². The molecule has 0 aromatic heterocycles. The van der Waals surface area contributed by atoms with Gasteiger partial charge in [-0.05, 0) is 62.4 Å². The first kappa shape index (κ1) is 17.9. The molecule has 0 radical (unpaired) electrons. The lowest BCUT2D eigenvalue weighted by atomic mass is 10.1. The molecule has 2 aromatic rings. The van der Waals surface area contributed by atoms with Crippen molar-refractivity contribution in [2.75, 3.05) is 5.32 Å². The molecule has 0 saturated heterocycles. The van der Waals surface area contributed by atoms with Crippen LogP contribution in [-0.2, 0) is 9.53 Å². The van der Waals surface area contributed by atoms with Gasteiger partial charge in [0.25, 0.3) is 5.91 Å². The Bertz CT molecular complexity index is 833. The second kappa shape index (κ2) is 7.88. The third-order valence-corrected chi connectivity index (χ3v) is 3.46. The molecule has 0 aliphatic heterocycles. The molecule has 6 heteroatoms. The maximum atomic E-state index is 12.1. The standard InChI is InChI=1S/C19H16N2O4/c1-12(22)15-7-9-17(10-8-15)21-18(23)13(2)25-19(24)16-5-3-14(11-20)4-6-16/h3-10,13H,1-2H3,(H,21,23)/t13-/m1/s1. The zero-order valence-corrected chi connectivity index (χ0v) is 13.8. The van der Waals surface area contributed by atoms with Crippen molar-refractivity contribution in [2.45, 2.75) is 20.0 Å². The van der Waals surface area contributed by atoms with Crippen LogP contribution < -0.4 is 5.32 Å². The Labute approximate surface area is 145 Å². The van der Waals surface area contributed by atoms with E-state index in [4.69, 9.17) is 10.00 Å². The van der Waals surface area contributed by atoms with Crippen molar-refractivity contribution in [3.8, 4) is 6.07 Å². The van der Waals surface area contributed by atoms with Crippen molar-refractivity contribution in [3.63, 3.8) is 0 Å². The first-order valence-electron chi connectivity index (χ1n) is 7.53. The van der Waals surface area contributed by atoms with Crippen molar-refractivity contribution in [1.82, 2.24) is 0 Å². The molecule has 0 heterocycles. The highest BCUT2D eigenvalue weighted by molar-refractivity contribution is 5.98. The van der Waals surface area contributed by atoms with Gasteiger partial charge >= 0.3 is 5.97 Å². The molecule has 0 aliphatic carbocycles. The molecule has 2 rings (SSSR count). The van der Waals surface area contributed by atoms with Gasteiger partial charge in [-0.1, -0.05) is 0 Å². The number of nitrogens with one attached hydrogen (secondary N) is 1. The van der Waals surface area contributed by atoms with Crippen LogP contribution in [0.3, 0.4) is 0 Å². The number of hydrogen-bond acceptors (Lipinski definition) is 5. The van der Waals surface area contributed by atoms with E-state index < -0.39 is 18.0 Å². The van der Waals surface area contributed by atoms with Crippen molar-refractivity contribution < 1.29 is 19.1 Å². The molecule has 0 aliphatic rings. The van der Waals surface area contributed by atoms with Gasteiger partial charge in [0.15, 0.2) is 11.9 Å². The number of ketones is 1. The average molecular weight is 336 g/mol. The van der Waals surface area contributed by atoms with Crippen LogP contribution in [0.1, 0.15) is 40.1 Å². The Morgan fingerprint density at radius 2 is 1.56 bits per heavy atom. The monoisotopic (exact) mass is 336 g/mol. The maximum Gasteiger partial charge on any atom is 0.338 e. The molecular formula is C19H16N2O4. The first-order chi connectivity index (χ1) is 11.9. The van der Waals surface area contributed by atoms with Crippen molar-refractivity contribution in [2.24, 2.45) is 0 Å². The second-order valence-corrected chi connectivity index (χ2v) is 5.36. The molecular weight excluding hydrogens is 320 g/mol. The van der Waals surface area contributed by atoms with Gasteiger partial charge in [0.05, 0.1) is 17.2 Å². The zero-order valence-electron chi connectivity index (χ0n) is 13.8. The Kier molecular flexibility index (Phi) is 5.64. The number of ether oxygens (including phenoxy) is 1. The smallest absolute Gasteiger partial charge is 0.338 e. The van der Waals surface area contributed by atoms with Crippen LogP contribution >= 0.6 is 0 Å². The SMILES string of the molecule is CC(=O)c1ccc(NC(=O)[C@@H](C)OC(=O)c2ccc(C#N)cc2)cc1. The van der Waals surface area contributed by atoms with Crippen LogP contribution in [0.4, 0.5) is 5.69 Å². The van der Waals surface area contributed by atoms with Crippen LogP contribution in [0.15, 0.2) is 48.5 Å². The molecule has 25 heavy (non-hydrogen) atoms. The third kappa shape index (κ3) is 4.75. The highest BCUT2D eigenvalue weighted by Gasteiger charge is 2.19. The van der Waals surface area contributed by atoms with E-state index >= 15 is 0 Å². The van der Waals surface area contributed by atoms with E-state index in [1.807, 2.05) is 6.07 Å². The van der Waals surface area contributed by atoms with E-state index in [2.05, 4.69) is 5.32 Å². The summed E-state index contributed by atoms with van der Waals surface area (Å²) < 4.78 is 5.12. The van der Waals surface area contributed by atoms with Crippen LogP contribution in [0.25, 0.3) is 0 Å². The predicted octanol–water partition coefficient (Wildman–Crippen LogP) is 2.94. The van der Waals surface area contributed by atoms with Gasteiger partial charge in [0.1, 0.15) is 0 Å². The second-order valence-electron chi connectivity index (χ2n) is 5.36. The van der Waals surface area contributed by atoms with E-state index in [9.17, 15) is 14.4 Å². The lowest BCUT2D eigenvalue weighted by Gasteiger charge is -2.13. The highest BCUT2D eigenvalue weighted by Crippen LogP contribution is 2.12. The van der Waals surface area contributed by atoms with Gasteiger partial charge < -0.3 is 10.1 Å². The summed E-state index contributed by atoms with van der Waals surface area (Å²) in [6.45, 7) is 2.92. The van der Waals surface area contributed by atoms with E-state index in [0.717, 1.165) is 0 Å². The van der Waals surface area contributed by atoms with Crippen molar-refractivity contribution in [3.05, 3.63) is 65.2 Å². The highest BCUT2D eigenvalue weighted by atomic mass is 16.5. The van der Waals surface area contributed by atoms with Crippen LogP contribution in [0, 0.1) is 11.3 Å². The van der Waals surface area contributed by atoms with Gasteiger partial charge in [-0.25, -0.2) is 4.79 Å². The minimum atomic E-state index is -1.00. The molecule has 0 saturated carbocycles. The molecule has 0 bridgehead atoms. The Hall–Kier alpha value is -3.46.